The van der Waals surface area contributed by atoms with Crippen LogP contribution in [0.2, 0.25) is 0 Å². The van der Waals surface area contributed by atoms with Crippen LogP contribution in [0.15, 0.2) is 6.33 Å². The van der Waals surface area contributed by atoms with Crippen LogP contribution in [0.5, 0.6) is 0 Å². The molecule has 33 heavy (non-hydrogen) atoms. The third-order valence-electron chi connectivity index (χ3n) is 4.63. The lowest BCUT2D eigenvalue weighted by molar-refractivity contribution is -0.173. The summed E-state index contributed by atoms with van der Waals surface area (Å²) in [6.07, 6.45) is -8.42. The zero-order chi connectivity index (χ0) is 24.3. The Morgan fingerprint density at radius 2 is 1.94 bits per heavy atom. The van der Waals surface area contributed by atoms with E-state index in [0.29, 0.717) is 0 Å². The molecule has 1 fully saturated rings. The number of aliphatic hydroxyl groups excluding tert-OH is 2. The van der Waals surface area contributed by atoms with E-state index in [9.17, 15) is 33.0 Å². The minimum atomic E-state index is -5.03. The van der Waals surface area contributed by atoms with Gasteiger partial charge in [-0.1, -0.05) is 0 Å². The number of nitrogens with two attached hydrogens (primary N) is 2. The van der Waals surface area contributed by atoms with Gasteiger partial charge in [0.05, 0.1) is 12.9 Å². The van der Waals surface area contributed by atoms with Crippen molar-refractivity contribution in [3.63, 3.8) is 0 Å². The highest BCUT2D eigenvalue weighted by Crippen LogP contribution is 2.34. The predicted molar refractivity (Wildman–Crippen MR) is 103 cm³/mol. The zero-order valence-corrected chi connectivity index (χ0v) is 16.8. The summed E-state index contributed by atoms with van der Waals surface area (Å²) in [6.45, 7) is -1.93. The number of carbonyl (C=O) groups is 2. The van der Waals surface area contributed by atoms with Gasteiger partial charge in [-0.3, -0.25) is 14.2 Å². The minimum Gasteiger partial charge on any atom is -0.394 e. The molecular weight excluding hydrogens is 457 g/mol. The number of imidazole rings is 1. The number of fused-ring (bicyclic) bond motifs is 1. The lowest BCUT2D eigenvalue weighted by Crippen LogP contribution is -2.42. The second kappa shape index (κ2) is 9.69. The van der Waals surface area contributed by atoms with Gasteiger partial charge in [0.25, 0.3) is 0 Å². The monoisotopic (exact) mass is 478 g/mol. The molecule has 0 bridgehead atoms. The summed E-state index contributed by atoms with van der Waals surface area (Å²) >= 11 is 0. The summed E-state index contributed by atoms with van der Waals surface area (Å²) in [7, 11) is 0. The number of carbonyl (C=O) groups excluding carboxylic acids is 2. The number of anilines is 2. The lowest BCUT2D eigenvalue weighted by Gasteiger charge is -2.22. The Hall–Kier alpha value is -3.28. The molecule has 2 amide bonds. The Labute approximate surface area is 183 Å². The molecule has 0 spiro atoms. The number of rotatable bonds is 8. The Bertz CT molecular complexity index is 1020. The number of hydrogen-bond donors (Lipinski definition) is 6. The first kappa shape index (κ1) is 24.4. The van der Waals surface area contributed by atoms with E-state index in [1.54, 1.807) is 5.32 Å². The summed E-state index contributed by atoms with van der Waals surface area (Å²) in [5.41, 5.74) is 11.8. The lowest BCUT2D eigenvalue weighted by atomic mass is 10.1. The second-order valence-electron chi connectivity index (χ2n) is 6.91. The third kappa shape index (κ3) is 5.38. The first-order valence-electron chi connectivity index (χ1n) is 9.46. The molecule has 0 saturated carbocycles. The number of hydrogen-bond acceptors (Lipinski definition) is 11. The quantitative estimate of drug-likeness (QED) is 0.217. The molecule has 2 aromatic heterocycles. The zero-order valence-electron chi connectivity index (χ0n) is 16.8. The SMILES string of the molecule is Nc1nc(N)c2ncn([C@@H]3O[C@H](CO)[C@H](O)[C@@H]3OCC(=O)NCCNC(=O)C(F)(F)F)c2n1. The molecule has 14 nitrogen and oxygen atoms in total. The van der Waals surface area contributed by atoms with E-state index in [-0.39, 0.29) is 29.5 Å². The summed E-state index contributed by atoms with van der Waals surface area (Å²) in [4.78, 5) is 34.6. The fraction of sp³-hybridized carbons (Fsp3) is 0.562. The fourth-order valence-electron chi connectivity index (χ4n) is 3.12. The van der Waals surface area contributed by atoms with Gasteiger partial charge in [0.15, 0.2) is 17.7 Å². The number of aromatic nitrogens is 4. The normalized spacial score (nSPS) is 23.1. The molecule has 8 N–H and O–H groups in total. The first-order valence-corrected chi connectivity index (χ1v) is 9.46. The summed E-state index contributed by atoms with van der Waals surface area (Å²) in [5.74, 6) is -3.01. The van der Waals surface area contributed by atoms with Crippen LogP contribution >= 0.6 is 0 Å². The average molecular weight is 478 g/mol. The van der Waals surface area contributed by atoms with Crippen molar-refractivity contribution in [3.8, 4) is 0 Å². The van der Waals surface area contributed by atoms with Crippen LogP contribution in [0.25, 0.3) is 11.2 Å². The maximum atomic E-state index is 12.1. The highest BCUT2D eigenvalue weighted by molar-refractivity contribution is 5.83. The van der Waals surface area contributed by atoms with Crippen LogP contribution in [0.4, 0.5) is 24.9 Å². The molecule has 3 rings (SSSR count). The molecule has 0 aromatic carbocycles. The van der Waals surface area contributed by atoms with Gasteiger partial charge in [0, 0.05) is 13.1 Å². The van der Waals surface area contributed by atoms with Gasteiger partial charge < -0.3 is 41.8 Å². The topological polar surface area (TPSA) is 213 Å². The molecule has 0 radical (unpaired) electrons. The number of nitrogen functional groups attached to an aromatic ring is 2. The smallest absolute Gasteiger partial charge is 0.394 e. The molecule has 2 aromatic rings. The second-order valence-corrected chi connectivity index (χ2v) is 6.91. The molecule has 0 aliphatic carbocycles. The molecule has 0 unspecified atom stereocenters. The first-order chi connectivity index (χ1) is 15.5. The van der Waals surface area contributed by atoms with Crippen LogP contribution in [0.1, 0.15) is 6.23 Å². The molecular formula is C16H21F3N8O6. The van der Waals surface area contributed by atoms with Gasteiger partial charge in [0.2, 0.25) is 11.9 Å². The number of halogens is 3. The standard InChI is InChI=1S/C16H21F3N8O6/c17-16(18,19)14(31)23-2-1-22-7(29)4-32-10-9(30)6(3-28)33-13(10)27-5-24-8-11(20)25-15(21)26-12(8)27/h5-6,9-10,13,28,30H,1-4H2,(H,22,29)(H,23,31)(H4,20,21,25,26)/t6-,9+,10+,13-/m1/s1. The number of amides is 2. The van der Waals surface area contributed by atoms with E-state index < -0.39 is 62.3 Å². The largest absolute Gasteiger partial charge is 0.471 e. The van der Waals surface area contributed by atoms with Gasteiger partial charge in [-0.15, -0.1) is 0 Å². The minimum absolute atomic E-state index is 0.00274. The van der Waals surface area contributed by atoms with Crippen LogP contribution < -0.4 is 22.1 Å². The van der Waals surface area contributed by atoms with Crippen molar-refractivity contribution in [2.75, 3.05) is 37.8 Å². The maximum absolute atomic E-state index is 12.1. The summed E-state index contributed by atoms with van der Waals surface area (Å²) < 4.78 is 48.8. The van der Waals surface area contributed by atoms with E-state index in [2.05, 4.69) is 20.3 Å². The van der Waals surface area contributed by atoms with Gasteiger partial charge >= 0.3 is 12.1 Å². The predicted octanol–water partition coefficient (Wildman–Crippen LogP) is -2.58. The van der Waals surface area contributed by atoms with Gasteiger partial charge in [-0.05, 0) is 0 Å². The van der Waals surface area contributed by atoms with Crippen LogP contribution in [-0.4, -0.2) is 92.3 Å². The van der Waals surface area contributed by atoms with Crippen LogP contribution in [-0.2, 0) is 19.1 Å². The molecule has 17 heteroatoms. The average Bonchev–Trinajstić information content (AvgIpc) is 3.29. The molecule has 1 saturated heterocycles. The number of nitrogens with zero attached hydrogens (tertiary/aromatic N) is 4. The molecule has 3 heterocycles. The number of nitrogens with one attached hydrogen (secondary N) is 2. The van der Waals surface area contributed by atoms with Crippen molar-refractivity contribution in [1.82, 2.24) is 30.2 Å². The van der Waals surface area contributed by atoms with E-state index >= 15 is 0 Å². The van der Waals surface area contributed by atoms with Crippen molar-refractivity contribution in [2.45, 2.75) is 30.7 Å². The van der Waals surface area contributed by atoms with Crippen LogP contribution in [0.3, 0.4) is 0 Å². The Morgan fingerprint density at radius 3 is 2.61 bits per heavy atom. The van der Waals surface area contributed by atoms with E-state index in [1.165, 1.54) is 10.9 Å². The number of aliphatic hydroxyl groups is 2. The molecule has 1 aliphatic rings. The summed E-state index contributed by atoms with van der Waals surface area (Å²) in [6, 6.07) is 0. The van der Waals surface area contributed by atoms with E-state index in [4.69, 9.17) is 20.9 Å². The van der Waals surface area contributed by atoms with Crippen molar-refractivity contribution in [2.24, 2.45) is 0 Å². The molecule has 182 valence electrons. The number of ether oxygens (including phenoxy) is 2. The Kier molecular flexibility index (Phi) is 7.15. The van der Waals surface area contributed by atoms with Crippen molar-refractivity contribution < 1.29 is 42.4 Å². The van der Waals surface area contributed by atoms with Crippen molar-refractivity contribution in [1.29, 1.82) is 0 Å². The van der Waals surface area contributed by atoms with E-state index in [0.717, 1.165) is 0 Å². The highest BCUT2D eigenvalue weighted by atomic mass is 19.4. The molecule has 1 aliphatic heterocycles. The number of alkyl halides is 3. The van der Waals surface area contributed by atoms with Crippen molar-refractivity contribution >= 4 is 34.7 Å². The molecule has 4 atom stereocenters. The van der Waals surface area contributed by atoms with Crippen LogP contribution in [0, 0.1) is 0 Å². The van der Waals surface area contributed by atoms with Crippen molar-refractivity contribution in [3.05, 3.63) is 6.33 Å². The van der Waals surface area contributed by atoms with E-state index in [1.807, 2.05) is 0 Å². The Balaban J connectivity index is 1.63. The Morgan fingerprint density at radius 1 is 1.24 bits per heavy atom. The summed E-state index contributed by atoms with van der Waals surface area (Å²) in [5, 5.41) is 23.8. The maximum Gasteiger partial charge on any atom is 0.471 e. The third-order valence-corrected chi connectivity index (χ3v) is 4.63. The fourth-order valence-corrected chi connectivity index (χ4v) is 3.12. The highest BCUT2D eigenvalue weighted by Gasteiger charge is 2.46. The van der Waals surface area contributed by atoms with Gasteiger partial charge in [-0.25, -0.2) is 4.98 Å². The van der Waals surface area contributed by atoms with Gasteiger partial charge in [0.1, 0.15) is 30.4 Å². The van der Waals surface area contributed by atoms with Gasteiger partial charge in [-0.2, -0.15) is 23.1 Å².